The summed E-state index contributed by atoms with van der Waals surface area (Å²) in [4.78, 5) is 16.3. The molecule has 2 aromatic rings. The quantitative estimate of drug-likeness (QED) is 0.846. The van der Waals surface area contributed by atoms with Gasteiger partial charge in [-0.1, -0.05) is 23.7 Å². The Labute approximate surface area is 149 Å². The van der Waals surface area contributed by atoms with Gasteiger partial charge in [-0.05, 0) is 24.5 Å². The predicted molar refractivity (Wildman–Crippen MR) is 96.3 cm³/mol. The highest BCUT2D eigenvalue weighted by Gasteiger charge is 2.27. The molecule has 24 heavy (non-hydrogen) atoms. The monoisotopic (exact) mass is 385 g/mol. The Bertz CT molecular complexity index is 834. The maximum absolute atomic E-state index is 11.9. The van der Waals surface area contributed by atoms with Crippen molar-refractivity contribution in [2.75, 3.05) is 23.4 Å². The molecular formula is C15H16ClN3O3S2. The van der Waals surface area contributed by atoms with Crippen LogP contribution < -0.4 is 10.6 Å². The van der Waals surface area contributed by atoms with Crippen LogP contribution in [0.2, 0.25) is 5.02 Å². The lowest BCUT2D eigenvalue weighted by Crippen LogP contribution is -2.33. The van der Waals surface area contributed by atoms with Crippen LogP contribution in [0.1, 0.15) is 6.42 Å². The van der Waals surface area contributed by atoms with Gasteiger partial charge in [0, 0.05) is 22.5 Å². The molecule has 0 aliphatic carbocycles. The third kappa shape index (κ3) is 4.46. The third-order valence-electron chi connectivity index (χ3n) is 3.74. The van der Waals surface area contributed by atoms with Crippen molar-refractivity contribution in [2.45, 2.75) is 6.42 Å². The molecule has 0 bridgehead atoms. The number of nitrogens with one attached hydrogen (secondary N) is 2. The average molecular weight is 386 g/mol. The number of amides is 2. The van der Waals surface area contributed by atoms with Crippen molar-refractivity contribution < 1.29 is 13.2 Å². The molecule has 0 unspecified atom stereocenters. The molecule has 0 saturated carbocycles. The standard InChI is InChI=1S/C15H16ClN3O3S2/c16-12-3-1-11(2-4-12)13-8-23-15(18-13)19-14(20)17-7-10-5-6-24(21,22)9-10/h1-4,8,10H,5-7,9H2,(H2,17,18,19,20)/t10-/m0/s1. The Morgan fingerprint density at radius 1 is 1.33 bits per heavy atom. The van der Waals surface area contributed by atoms with E-state index in [1.807, 2.05) is 17.5 Å². The molecule has 3 rings (SSSR count). The number of carbonyl (C=O) groups is 1. The summed E-state index contributed by atoms with van der Waals surface area (Å²) < 4.78 is 22.8. The van der Waals surface area contributed by atoms with Gasteiger partial charge in [0.05, 0.1) is 17.2 Å². The summed E-state index contributed by atoms with van der Waals surface area (Å²) in [6, 6.07) is 6.91. The second kappa shape index (κ2) is 7.08. The molecule has 1 fully saturated rings. The summed E-state index contributed by atoms with van der Waals surface area (Å²) in [7, 11) is -2.92. The fourth-order valence-corrected chi connectivity index (χ4v) is 5.20. The smallest absolute Gasteiger partial charge is 0.321 e. The summed E-state index contributed by atoms with van der Waals surface area (Å²) in [6.07, 6.45) is 0.598. The molecule has 1 aromatic carbocycles. The van der Waals surface area contributed by atoms with E-state index in [1.54, 1.807) is 12.1 Å². The Morgan fingerprint density at radius 3 is 2.75 bits per heavy atom. The Kier molecular flexibility index (Phi) is 5.07. The molecule has 1 saturated heterocycles. The van der Waals surface area contributed by atoms with E-state index in [0.29, 0.717) is 23.1 Å². The van der Waals surface area contributed by atoms with E-state index in [4.69, 9.17) is 11.6 Å². The molecule has 1 aliphatic rings. The lowest BCUT2D eigenvalue weighted by Gasteiger charge is -2.09. The average Bonchev–Trinajstić information content (AvgIpc) is 3.12. The summed E-state index contributed by atoms with van der Waals surface area (Å²) in [5, 5.41) is 8.36. The molecule has 9 heteroatoms. The van der Waals surface area contributed by atoms with E-state index in [9.17, 15) is 13.2 Å². The number of benzene rings is 1. The maximum atomic E-state index is 11.9. The number of thiazole rings is 1. The molecule has 2 N–H and O–H groups in total. The summed E-state index contributed by atoms with van der Waals surface area (Å²) in [5.74, 6) is 0.338. The molecular weight excluding hydrogens is 370 g/mol. The first-order chi connectivity index (χ1) is 11.4. The molecule has 6 nitrogen and oxygen atoms in total. The zero-order chi connectivity index (χ0) is 17.2. The number of nitrogens with zero attached hydrogens (tertiary/aromatic N) is 1. The third-order valence-corrected chi connectivity index (χ3v) is 6.59. The van der Waals surface area contributed by atoms with Gasteiger partial charge in [-0.15, -0.1) is 11.3 Å². The number of hydrogen-bond donors (Lipinski definition) is 2. The predicted octanol–water partition coefficient (Wildman–Crippen LogP) is 3.02. The van der Waals surface area contributed by atoms with Crippen LogP contribution in [0, 0.1) is 5.92 Å². The molecule has 2 amide bonds. The van der Waals surface area contributed by atoms with Crippen LogP contribution in [0.15, 0.2) is 29.6 Å². The number of urea groups is 1. The van der Waals surface area contributed by atoms with Gasteiger partial charge in [0.25, 0.3) is 0 Å². The Hall–Kier alpha value is -1.64. The number of rotatable bonds is 4. The minimum Gasteiger partial charge on any atom is -0.337 e. The van der Waals surface area contributed by atoms with Crippen LogP contribution in [0.3, 0.4) is 0 Å². The SMILES string of the molecule is O=C(NC[C@@H]1CCS(=O)(=O)C1)Nc1nc(-c2ccc(Cl)cc2)cs1. The van der Waals surface area contributed by atoms with E-state index < -0.39 is 9.84 Å². The molecule has 1 aliphatic heterocycles. The molecule has 128 valence electrons. The molecule has 1 aromatic heterocycles. The highest BCUT2D eigenvalue weighted by molar-refractivity contribution is 7.91. The largest absolute Gasteiger partial charge is 0.337 e. The fourth-order valence-electron chi connectivity index (χ4n) is 2.50. The minimum atomic E-state index is -2.92. The molecule has 0 spiro atoms. The normalized spacial score (nSPS) is 19.1. The van der Waals surface area contributed by atoms with E-state index in [2.05, 4.69) is 15.6 Å². The van der Waals surface area contributed by atoms with E-state index >= 15 is 0 Å². The minimum absolute atomic E-state index is 0.0123. The number of anilines is 1. The first kappa shape index (κ1) is 17.2. The molecule has 2 heterocycles. The second-order valence-corrected chi connectivity index (χ2v) is 9.17. The second-order valence-electron chi connectivity index (χ2n) is 5.65. The number of aromatic nitrogens is 1. The van der Waals surface area contributed by atoms with Gasteiger partial charge < -0.3 is 5.32 Å². The van der Waals surface area contributed by atoms with Crippen LogP contribution in [-0.4, -0.2) is 37.5 Å². The fraction of sp³-hybridized carbons (Fsp3) is 0.333. The Balaban J connectivity index is 1.53. The van der Waals surface area contributed by atoms with Crippen molar-refractivity contribution in [1.29, 1.82) is 0 Å². The first-order valence-electron chi connectivity index (χ1n) is 7.38. The van der Waals surface area contributed by atoms with E-state index in [-0.39, 0.29) is 23.5 Å². The Morgan fingerprint density at radius 2 is 2.08 bits per heavy atom. The summed E-state index contributed by atoms with van der Waals surface area (Å²) >= 11 is 7.18. The molecule has 1 atom stereocenters. The van der Waals surface area contributed by atoms with Crippen LogP contribution in [0.5, 0.6) is 0 Å². The highest BCUT2D eigenvalue weighted by atomic mass is 35.5. The van der Waals surface area contributed by atoms with Gasteiger partial charge in [-0.25, -0.2) is 18.2 Å². The van der Waals surface area contributed by atoms with Crippen LogP contribution >= 0.6 is 22.9 Å². The van der Waals surface area contributed by atoms with Crippen molar-refractivity contribution in [3.05, 3.63) is 34.7 Å². The van der Waals surface area contributed by atoms with Crippen LogP contribution in [-0.2, 0) is 9.84 Å². The highest BCUT2D eigenvalue weighted by Crippen LogP contribution is 2.26. The van der Waals surface area contributed by atoms with Gasteiger partial charge in [0.15, 0.2) is 15.0 Å². The lowest BCUT2D eigenvalue weighted by molar-refractivity contribution is 0.250. The van der Waals surface area contributed by atoms with Crippen LogP contribution in [0.25, 0.3) is 11.3 Å². The zero-order valence-electron chi connectivity index (χ0n) is 12.7. The van der Waals surface area contributed by atoms with Crippen molar-refractivity contribution in [1.82, 2.24) is 10.3 Å². The number of hydrogen-bond acceptors (Lipinski definition) is 5. The maximum Gasteiger partial charge on any atom is 0.321 e. The van der Waals surface area contributed by atoms with Gasteiger partial charge in [0.2, 0.25) is 0 Å². The van der Waals surface area contributed by atoms with E-state index in [1.165, 1.54) is 11.3 Å². The first-order valence-corrected chi connectivity index (χ1v) is 10.5. The van der Waals surface area contributed by atoms with Gasteiger partial charge >= 0.3 is 6.03 Å². The van der Waals surface area contributed by atoms with Gasteiger partial charge in [-0.2, -0.15) is 0 Å². The van der Waals surface area contributed by atoms with Crippen molar-refractivity contribution in [2.24, 2.45) is 5.92 Å². The molecule has 0 radical (unpaired) electrons. The van der Waals surface area contributed by atoms with Gasteiger partial charge in [-0.3, -0.25) is 5.32 Å². The number of halogens is 1. The van der Waals surface area contributed by atoms with E-state index in [0.717, 1.165) is 11.3 Å². The number of carbonyl (C=O) groups excluding carboxylic acids is 1. The lowest BCUT2D eigenvalue weighted by atomic mass is 10.1. The zero-order valence-corrected chi connectivity index (χ0v) is 15.0. The van der Waals surface area contributed by atoms with Crippen molar-refractivity contribution in [3.8, 4) is 11.3 Å². The van der Waals surface area contributed by atoms with Crippen LogP contribution in [0.4, 0.5) is 9.93 Å². The van der Waals surface area contributed by atoms with Gasteiger partial charge in [0.1, 0.15) is 0 Å². The topological polar surface area (TPSA) is 88.2 Å². The summed E-state index contributed by atoms with van der Waals surface area (Å²) in [6.45, 7) is 0.348. The summed E-state index contributed by atoms with van der Waals surface area (Å²) in [5.41, 5.74) is 1.68. The van der Waals surface area contributed by atoms with Crippen molar-refractivity contribution in [3.63, 3.8) is 0 Å². The number of sulfone groups is 1. The van der Waals surface area contributed by atoms with Crippen molar-refractivity contribution >= 4 is 43.9 Å².